The Kier molecular flexibility index (Phi) is 4.79. The predicted octanol–water partition coefficient (Wildman–Crippen LogP) is 1.67. The highest BCUT2D eigenvalue weighted by Gasteiger charge is 2.38. The van der Waals surface area contributed by atoms with Gasteiger partial charge in [0.1, 0.15) is 5.84 Å². The molecule has 4 N–H and O–H groups in total. The minimum absolute atomic E-state index is 0.153. The van der Waals surface area contributed by atoms with Crippen molar-refractivity contribution in [2.75, 3.05) is 0 Å². The molecule has 8 heteroatoms. The average Bonchev–Trinajstić information content (AvgIpc) is 2.54. The molecule has 0 aliphatic carbocycles. The van der Waals surface area contributed by atoms with Gasteiger partial charge in [-0.05, 0) is 11.4 Å². The summed E-state index contributed by atoms with van der Waals surface area (Å²) >= 11 is 1.48. The molecule has 0 unspecified atom stereocenters. The van der Waals surface area contributed by atoms with E-state index in [0.29, 0.717) is 0 Å². The summed E-state index contributed by atoms with van der Waals surface area (Å²) in [6.07, 6.45) is -5.08. The van der Waals surface area contributed by atoms with Crippen molar-refractivity contribution in [3.8, 4) is 0 Å². The summed E-state index contributed by atoms with van der Waals surface area (Å²) in [6.45, 7) is 0. The summed E-state index contributed by atoms with van der Waals surface area (Å²) in [5.41, 5.74) is 5.15. The maximum Gasteiger partial charge on any atom is 0.490 e. The van der Waals surface area contributed by atoms with Crippen molar-refractivity contribution in [2.45, 2.75) is 6.18 Å². The third kappa shape index (κ3) is 5.68. The largest absolute Gasteiger partial charge is 0.490 e. The van der Waals surface area contributed by atoms with Crippen LogP contribution < -0.4 is 5.73 Å². The van der Waals surface area contributed by atoms with E-state index in [0.717, 1.165) is 4.88 Å². The van der Waals surface area contributed by atoms with Gasteiger partial charge in [0.25, 0.3) is 0 Å². The number of thiophene rings is 1. The lowest BCUT2D eigenvalue weighted by Crippen LogP contribution is -2.21. The van der Waals surface area contributed by atoms with Crippen molar-refractivity contribution in [2.24, 2.45) is 5.73 Å². The van der Waals surface area contributed by atoms with Crippen LogP contribution in [0.1, 0.15) is 4.88 Å². The molecule has 0 radical (unpaired) electrons. The summed E-state index contributed by atoms with van der Waals surface area (Å²) in [5, 5.41) is 16.0. The molecule has 0 aromatic carbocycles. The quantitative estimate of drug-likeness (QED) is 0.515. The first-order valence-corrected chi connectivity index (χ1v) is 4.31. The number of nitrogen functional groups attached to an aromatic ring is 1. The Hall–Kier alpha value is -1.57. The van der Waals surface area contributed by atoms with Gasteiger partial charge in [0.05, 0.1) is 4.88 Å². The van der Waals surface area contributed by atoms with Crippen LogP contribution in [0.4, 0.5) is 13.2 Å². The summed E-state index contributed by atoms with van der Waals surface area (Å²) in [4.78, 5) is 9.73. The molecule has 0 fully saturated rings. The van der Waals surface area contributed by atoms with E-state index in [1.165, 1.54) is 11.3 Å². The van der Waals surface area contributed by atoms with Crippen LogP contribution in [0.3, 0.4) is 0 Å². The number of hydrogen-bond donors (Lipinski definition) is 3. The van der Waals surface area contributed by atoms with E-state index >= 15 is 0 Å². The van der Waals surface area contributed by atoms with E-state index in [1.807, 2.05) is 17.5 Å². The van der Waals surface area contributed by atoms with E-state index in [9.17, 15) is 13.2 Å². The number of halogens is 3. The lowest BCUT2D eigenvalue weighted by Gasteiger charge is -1.93. The van der Waals surface area contributed by atoms with Crippen molar-refractivity contribution < 1.29 is 23.1 Å². The third-order valence-electron chi connectivity index (χ3n) is 1.03. The van der Waals surface area contributed by atoms with E-state index in [-0.39, 0.29) is 5.84 Å². The lowest BCUT2D eigenvalue weighted by molar-refractivity contribution is -0.192. The normalized spacial score (nSPS) is 10.1. The van der Waals surface area contributed by atoms with Crippen molar-refractivity contribution in [3.63, 3.8) is 0 Å². The highest BCUT2D eigenvalue weighted by molar-refractivity contribution is 7.12. The molecule has 0 spiro atoms. The number of carboxylic acids is 1. The topological polar surface area (TPSA) is 87.2 Å². The molecule has 15 heavy (non-hydrogen) atoms. The number of aliphatic carboxylic acids is 1. The molecule has 0 aliphatic rings. The molecule has 1 aromatic rings. The van der Waals surface area contributed by atoms with Gasteiger partial charge < -0.3 is 10.8 Å². The zero-order valence-electron chi connectivity index (χ0n) is 7.21. The van der Waals surface area contributed by atoms with Crippen molar-refractivity contribution in [1.82, 2.24) is 0 Å². The fourth-order valence-corrected chi connectivity index (χ4v) is 1.02. The summed E-state index contributed by atoms with van der Waals surface area (Å²) in [6, 6.07) is 3.70. The third-order valence-corrected chi connectivity index (χ3v) is 1.93. The number of carboxylic acid groups (broad SMARTS) is 1. The van der Waals surface area contributed by atoms with Crippen molar-refractivity contribution >= 4 is 23.1 Å². The summed E-state index contributed by atoms with van der Waals surface area (Å²) < 4.78 is 31.7. The van der Waals surface area contributed by atoms with Crippen LogP contribution in [-0.4, -0.2) is 23.1 Å². The van der Waals surface area contributed by atoms with Crippen molar-refractivity contribution in [3.05, 3.63) is 22.4 Å². The van der Waals surface area contributed by atoms with E-state index in [1.54, 1.807) is 0 Å². The lowest BCUT2D eigenvalue weighted by atomic mass is 10.4. The Morgan fingerprint density at radius 1 is 1.53 bits per heavy atom. The molecule has 4 nitrogen and oxygen atoms in total. The van der Waals surface area contributed by atoms with Gasteiger partial charge in [-0.1, -0.05) is 6.07 Å². The maximum atomic E-state index is 10.6. The second kappa shape index (κ2) is 5.35. The summed E-state index contributed by atoms with van der Waals surface area (Å²) in [7, 11) is 0. The van der Waals surface area contributed by atoms with Crippen molar-refractivity contribution in [1.29, 1.82) is 5.41 Å². The number of rotatable bonds is 1. The fraction of sp³-hybridized carbons (Fsp3) is 0.143. The highest BCUT2D eigenvalue weighted by Crippen LogP contribution is 2.13. The zero-order chi connectivity index (χ0) is 12.1. The molecule has 1 aromatic heterocycles. The molecule has 1 rings (SSSR count). The monoisotopic (exact) mass is 240 g/mol. The van der Waals surface area contributed by atoms with Crippen LogP contribution in [0.2, 0.25) is 0 Å². The average molecular weight is 240 g/mol. The molecule has 1 heterocycles. The highest BCUT2D eigenvalue weighted by atomic mass is 32.1. The molecule has 0 aliphatic heterocycles. The fourth-order valence-electron chi connectivity index (χ4n) is 0.432. The number of alkyl halides is 3. The molecule has 0 amide bonds. The Morgan fingerprint density at radius 3 is 2.13 bits per heavy atom. The molecular weight excluding hydrogens is 233 g/mol. The molecule has 0 saturated heterocycles. The molecule has 0 atom stereocenters. The first-order valence-electron chi connectivity index (χ1n) is 3.43. The smallest absolute Gasteiger partial charge is 0.475 e. The maximum absolute atomic E-state index is 10.6. The second-order valence-electron chi connectivity index (χ2n) is 2.19. The Labute approximate surface area is 86.7 Å². The van der Waals surface area contributed by atoms with Gasteiger partial charge in [0.2, 0.25) is 0 Å². The van der Waals surface area contributed by atoms with Crippen LogP contribution in [0.5, 0.6) is 0 Å². The minimum atomic E-state index is -5.08. The van der Waals surface area contributed by atoms with Gasteiger partial charge in [-0.25, -0.2) is 4.79 Å². The van der Waals surface area contributed by atoms with Gasteiger partial charge in [-0.15, -0.1) is 11.3 Å². The van der Waals surface area contributed by atoms with E-state index in [2.05, 4.69) is 0 Å². The van der Waals surface area contributed by atoms with Gasteiger partial charge in [0.15, 0.2) is 0 Å². The van der Waals surface area contributed by atoms with Gasteiger partial charge in [-0.3, -0.25) is 5.41 Å². The van der Waals surface area contributed by atoms with Crippen LogP contribution >= 0.6 is 11.3 Å². The number of carbonyl (C=O) groups is 1. The predicted molar refractivity (Wildman–Crippen MR) is 49.0 cm³/mol. The van der Waals surface area contributed by atoms with Crippen LogP contribution in [0.15, 0.2) is 17.5 Å². The second-order valence-corrected chi connectivity index (χ2v) is 3.14. The van der Waals surface area contributed by atoms with Gasteiger partial charge in [0, 0.05) is 0 Å². The van der Waals surface area contributed by atoms with Gasteiger partial charge in [-0.2, -0.15) is 13.2 Å². The first-order chi connectivity index (χ1) is 6.75. The van der Waals surface area contributed by atoms with E-state index < -0.39 is 12.1 Å². The Bertz CT molecular complexity index is 335. The number of nitrogens with two attached hydrogens (primary N) is 1. The van der Waals surface area contributed by atoms with Gasteiger partial charge >= 0.3 is 12.1 Å². The Morgan fingerprint density at radius 2 is 2.00 bits per heavy atom. The molecular formula is C7H7F3N2O2S. The first kappa shape index (κ1) is 13.4. The van der Waals surface area contributed by atoms with Crippen LogP contribution in [-0.2, 0) is 4.79 Å². The molecule has 0 bridgehead atoms. The number of amidine groups is 1. The number of hydrogen-bond acceptors (Lipinski definition) is 3. The zero-order valence-corrected chi connectivity index (χ0v) is 8.02. The Balaban J connectivity index is 0.000000265. The standard InChI is InChI=1S/C5H6N2S.C2HF3O2/c6-5(7)4-2-1-3-8-4;3-2(4,5)1(6)7/h1-3H,(H3,6,7);(H,6,7). The van der Waals surface area contributed by atoms with E-state index in [4.69, 9.17) is 21.0 Å². The molecule has 0 saturated carbocycles. The molecule has 84 valence electrons. The number of nitrogens with one attached hydrogen (secondary N) is 1. The minimum Gasteiger partial charge on any atom is -0.475 e. The summed E-state index contributed by atoms with van der Waals surface area (Å²) in [5.74, 6) is -2.60. The van der Waals surface area contributed by atoms with Crippen LogP contribution in [0, 0.1) is 5.41 Å². The SMILES string of the molecule is N=C(N)c1cccs1.O=C(O)C(F)(F)F. The van der Waals surface area contributed by atoms with Crippen LogP contribution in [0.25, 0.3) is 0 Å².